The van der Waals surface area contributed by atoms with Gasteiger partial charge < -0.3 is 9.88 Å². The Morgan fingerprint density at radius 2 is 2.05 bits per heavy atom. The minimum atomic E-state index is -0.433. The van der Waals surface area contributed by atoms with Crippen LogP contribution in [0, 0.1) is 17.0 Å². The third kappa shape index (κ3) is 3.47. The molecule has 6 heteroatoms. The van der Waals surface area contributed by atoms with Crippen LogP contribution in [0.4, 0.5) is 11.4 Å². The molecule has 0 unspecified atom stereocenters. The van der Waals surface area contributed by atoms with Crippen LogP contribution in [0.15, 0.2) is 41.3 Å². The van der Waals surface area contributed by atoms with E-state index in [0.29, 0.717) is 13.1 Å². The lowest BCUT2D eigenvalue weighted by Crippen LogP contribution is -2.20. The Bertz CT molecular complexity index is 722. The molecule has 0 aliphatic rings. The zero-order chi connectivity index (χ0) is 15.4. The van der Waals surface area contributed by atoms with Gasteiger partial charge in [0.1, 0.15) is 0 Å². The lowest BCUT2D eigenvalue weighted by Gasteiger charge is -2.12. The Balaban J connectivity index is 2.42. The molecular formula is C15H17N3O3. The minimum Gasteiger partial charge on any atom is -0.385 e. The Labute approximate surface area is 122 Å². The molecular weight excluding hydrogens is 270 g/mol. The van der Waals surface area contributed by atoms with Gasteiger partial charge in [-0.15, -0.1) is 0 Å². The maximum Gasteiger partial charge on any atom is 0.269 e. The van der Waals surface area contributed by atoms with Crippen molar-refractivity contribution in [1.82, 2.24) is 4.57 Å². The van der Waals surface area contributed by atoms with E-state index in [2.05, 4.69) is 5.32 Å². The van der Waals surface area contributed by atoms with E-state index in [1.54, 1.807) is 18.3 Å². The molecule has 0 saturated carbocycles. The van der Waals surface area contributed by atoms with Crippen molar-refractivity contribution in [3.8, 4) is 0 Å². The molecule has 1 heterocycles. The monoisotopic (exact) mass is 287 g/mol. The highest BCUT2D eigenvalue weighted by Crippen LogP contribution is 2.22. The smallest absolute Gasteiger partial charge is 0.269 e. The van der Waals surface area contributed by atoms with Gasteiger partial charge in [0.05, 0.1) is 11.5 Å². The Kier molecular flexibility index (Phi) is 4.37. The summed E-state index contributed by atoms with van der Waals surface area (Å²) in [6, 6.07) is 8.02. The fourth-order valence-corrected chi connectivity index (χ4v) is 2.11. The second-order valence-electron chi connectivity index (χ2n) is 4.80. The molecule has 0 atom stereocenters. The highest BCUT2D eigenvalue weighted by atomic mass is 16.6. The van der Waals surface area contributed by atoms with Crippen molar-refractivity contribution in [2.24, 2.45) is 0 Å². The summed E-state index contributed by atoms with van der Waals surface area (Å²) in [5.74, 6) is 0. The van der Waals surface area contributed by atoms with Crippen molar-refractivity contribution < 1.29 is 4.92 Å². The summed E-state index contributed by atoms with van der Waals surface area (Å²) in [6.45, 7) is 4.79. The summed E-state index contributed by atoms with van der Waals surface area (Å²) in [7, 11) is 0. The third-order valence-corrected chi connectivity index (χ3v) is 3.16. The summed E-state index contributed by atoms with van der Waals surface area (Å²) < 4.78 is 1.53. The first-order valence-corrected chi connectivity index (χ1v) is 6.69. The van der Waals surface area contributed by atoms with Gasteiger partial charge in [0.25, 0.3) is 11.2 Å². The van der Waals surface area contributed by atoms with Gasteiger partial charge in [0.2, 0.25) is 0 Å². The van der Waals surface area contributed by atoms with Gasteiger partial charge in [-0.25, -0.2) is 0 Å². The van der Waals surface area contributed by atoms with E-state index in [9.17, 15) is 14.9 Å². The Hall–Kier alpha value is -2.63. The van der Waals surface area contributed by atoms with Crippen LogP contribution in [0.2, 0.25) is 0 Å². The van der Waals surface area contributed by atoms with E-state index in [4.69, 9.17) is 0 Å². The number of anilines is 1. The second-order valence-corrected chi connectivity index (χ2v) is 4.80. The predicted molar refractivity (Wildman–Crippen MR) is 81.8 cm³/mol. The average molecular weight is 287 g/mol. The molecule has 0 saturated heterocycles. The predicted octanol–water partition coefficient (Wildman–Crippen LogP) is 2.55. The van der Waals surface area contributed by atoms with Crippen molar-refractivity contribution in [1.29, 1.82) is 0 Å². The van der Waals surface area contributed by atoms with Crippen LogP contribution in [-0.2, 0) is 6.54 Å². The van der Waals surface area contributed by atoms with Crippen molar-refractivity contribution in [3.63, 3.8) is 0 Å². The number of nitrogens with one attached hydrogen (secondary N) is 1. The van der Waals surface area contributed by atoms with Crippen molar-refractivity contribution >= 4 is 11.4 Å². The van der Waals surface area contributed by atoms with Crippen LogP contribution in [0.5, 0.6) is 0 Å². The molecule has 1 aromatic heterocycles. The first-order chi connectivity index (χ1) is 10.0. The van der Waals surface area contributed by atoms with Gasteiger partial charge in [0, 0.05) is 42.2 Å². The molecule has 110 valence electrons. The maximum atomic E-state index is 11.9. The van der Waals surface area contributed by atoms with Gasteiger partial charge >= 0.3 is 0 Å². The number of rotatable bonds is 5. The summed E-state index contributed by atoms with van der Waals surface area (Å²) in [6.07, 6.45) is 1.70. The van der Waals surface area contributed by atoms with E-state index >= 15 is 0 Å². The van der Waals surface area contributed by atoms with Crippen LogP contribution < -0.4 is 10.9 Å². The lowest BCUT2D eigenvalue weighted by atomic mass is 10.1. The Morgan fingerprint density at radius 1 is 1.29 bits per heavy atom. The number of benzene rings is 1. The number of aryl methyl sites for hydroxylation is 1. The van der Waals surface area contributed by atoms with Crippen molar-refractivity contribution in [2.75, 3.05) is 11.9 Å². The normalized spacial score (nSPS) is 10.4. The molecule has 0 radical (unpaired) electrons. The molecule has 0 fully saturated rings. The first kappa shape index (κ1) is 14.8. The minimum absolute atomic E-state index is 0.0202. The van der Waals surface area contributed by atoms with Gasteiger partial charge in [-0.05, 0) is 31.5 Å². The first-order valence-electron chi connectivity index (χ1n) is 6.69. The second kappa shape index (κ2) is 6.21. The highest BCUT2D eigenvalue weighted by Gasteiger charge is 2.11. The van der Waals surface area contributed by atoms with Crippen molar-refractivity contribution in [3.05, 3.63) is 68.1 Å². The zero-order valence-electron chi connectivity index (χ0n) is 12.0. The number of non-ortho nitro benzene ring substituents is 1. The fraction of sp³-hybridized carbons (Fsp3) is 0.267. The topological polar surface area (TPSA) is 77.2 Å². The third-order valence-electron chi connectivity index (χ3n) is 3.16. The van der Waals surface area contributed by atoms with Crippen LogP contribution >= 0.6 is 0 Å². The maximum absolute atomic E-state index is 11.9. The molecule has 0 bridgehead atoms. The number of hydrogen-bond acceptors (Lipinski definition) is 4. The largest absolute Gasteiger partial charge is 0.385 e. The number of nitro benzene ring substituents is 1. The molecule has 2 aromatic rings. The summed E-state index contributed by atoms with van der Waals surface area (Å²) in [4.78, 5) is 22.4. The zero-order valence-corrected chi connectivity index (χ0v) is 12.0. The van der Waals surface area contributed by atoms with Crippen LogP contribution in [-0.4, -0.2) is 16.0 Å². The summed E-state index contributed by atoms with van der Waals surface area (Å²) in [5, 5.41) is 14.1. The quantitative estimate of drug-likeness (QED) is 0.677. The molecule has 1 N–H and O–H groups in total. The summed E-state index contributed by atoms with van der Waals surface area (Å²) in [5.41, 5.74) is 2.31. The number of nitro groups is 1. The van der Waals surface area contributed by atoms with E-state index in [1.165, 1.54) is 16.7 Å². The molecule has 0 aliphatic carbocycles. The van der Waals surface area contributed by atoms with E-state index in [-0.39, 0.29) is 11.2 Å². The van der Waals surface area contributed by atoms with Crippen LogP contribution in [0.25, 0.3) is 0 Å². The lowest BCUT2D eigenvalue weighted by molar-refractivity contribution is -0.384. The molecule has 0 amide bonds. The molecule has 2 rings (SSSR count). The molecule has 1 aromatic carbocycles. The fourth-order valence-electron chi connectivity index (χ4n) is 2.11. The van der Waals surface area contributed by atoms with Crippen LogP contribution in [0.3, 0.4) is 0 Å². The van der Waals surface area contributed by atoms with Gasteiger partial charge in [-0.1, -0.05) is 0 Å². The summed E-state index contributed by atoms with van der Waals surface area (Å²) >= 11 is 0. The van der Waals surface area contributed by atoms with Crippen LogP contribution in [0.1, 0.15) is 18.1 Å². The van der Waals surface area contributed by atoms with Gasteiger partial charge in [-0.2, -0.15) is 0 Å². The molecule has 0 spiro atoms. The van der Waals surface area contributed by atoms with Crippen molar-refractivity contribution in [2.45, 2.75) is 20.4 Å². The molecule has 6 nitrogen and oxygen atoms in total. The van der Waals surface area contributed by atoms with E-state index in [1.807, 2.05) is 19.9 Å². The number of hydrogen-bond donors (Lipinski definition) is 1. The number of nitrogens with zero attached hydrogens (tertiary/aromatic N) is 2. The Morgan fingerprint density at radius 3 is 2.67 bits per heavy atom. The van der Waals surface area contributed by atoms with E-state index < -0.39 is 4.92 Å². The highest BCUT2D eigenvalue weighted by molar-refractivity contribution is 5.56. The van der Waals surface area contributed by atoms with E-state index in [0.717, 1.165) is 16.8 Å². The number of pyridine rings is 1. The number of aromatic nitrogens is 1. The molecule has 0 aliphatic heterocycles. The standard InChI is InChI=1S/C15H17N3O3/c1-3-16-14-5-4-13(18(20)21)9-12(14)10-17-7-6-11(2)8-15(17)19/h4-9,16H,3,10H2,1-2H3. The van der Waals surface area contributed by atoms with Gasteiger partial charge in [0.15, 0.2) is 0 Å². The SMILES string of the molecule is CCNc1ccc([N+](=O)[O-])cc1Cn1ccc(C)cc1=O. The average Bonchev–Trinajstić information content (AvgIpc) is 2.43. The molecule has 21 heavy (non-hydrogen) atoms. The van der Waals surface area contributed by atoms with Gasteiger partial charge in [-0.3, -0.25) is 14.9 Å².